The van der Waals surface area contributed by atoms with Crippen LogP contribution in [0.15, 0.2) is 47.1 Å². The van der Waals surface area contributed by atoms with Crippen molar-refractivity contribution in [3.63, 3.8) is 0 Å². The van der Waals surface area contributed by atoms with E-state index in [1.807, 2.05) is 0 Å². The van der Waals surface area contributed by atoms with E-state index in [0.717, 1.165) is 0 Å². The number of esters is 1. The van der Waals surface area contributed by atoms with E-state index in [4.69, 9.17) is 25.5 Å². The van der Waals surface area contributed by atoms with Crippen LogP contribution in [0.2, 0.25) is 5.02 Å². The molecule has 0 bridgehead atoms. The zero-order valence-electron chi connectivity index (χ0n) is 15.0. The average Bonchev–Trinajstić information content (AvgIpc) is 3.25. The van der Waals surface area contributed by atoms with Gasteiger partial charge in [0.25, 0.3) is 11.8 Å². The minimum absolute atomic E-state index is 0.207. The molecule has 1 aliphatic rings. The maximum atomic E-state index is 12.2. The minimum Gasteiger partial charge on any atom is -0.482 e. The number of furan rings is 1. The highest BCUT2D eigenvalue weighted by atomic mass is 35.5. The summed E-state index contributed by atoms with van der Waals surface area (Å²) in [5, 5.41) is 0.491. The van der Waals surface area contributed by atoms with Crippen molar-refractivity contribution in [3.05, 3.63) is 53.4 Å². The van der Waals surface area contributed by atoms with Crippen molar-refractivity contribution in [2.75, 3.05) is 39.4 Å². The Morgan fingerprint density at radius 2 is 1.75 bits per heavy atom. The zero-order chi connectivity index (χ0) is 19.9. The van der Waals surface area contributed by atoms with Crippen LogP contribution in [0.1, 0.15) is 10.6 Å². The fourth-order valence-corrected chi connectivity index (χ4v) is 2.87. The third-order valence-electron chi connectivity index (χ3n) is 4.16. The van der Waals surface area contributed by atoms with Gasteiger partial charge in [0.05, 0.1) is 6.26 Å². The molecular formula is C19H19ClN2O6. The fourth-order valence-electron chi connectivity index (χ4n) is 2.69. The molecule has 3 rings (SSSR count). The number of ether oxygens (including phenoxy) is 2. The molecule has 0 N–H and O–H groups in total. The van der Waals surface area contributed by atoms with Crippen LogP contribution in [0.25, 0.3) is 0 Å². The van der Waals surface area contributed by atoms with Gasteiger partial charge in [0, 0.05) is 31.2 Å². The van der Waals surface area contributed by atoms with E-state index in [1.165, 1.54) is 6.26 Å². The first-order valence-corrected chi connectivity index (χ1v) is 9.05. The predicted octanol–water partition coefficient (Wildman–Crippen LogP) is 1.84. The summed E-state index contributed by atoms with van der Waals surface area (Å²) < 4.78 is 15.3. The van der Waals surface area contributed by atoms with Gasteiger partial charge in [-0.1, -0.05) is 17.7 Å². The molecule has 1 aliphatic heterocycles. The molecular weight excluding hydrogens is 388 g/mol. The molecule has 2 heterocycles. The minimum atomic E-state index is -0.653. The van der Waals surface area contributed by atoms with E-state index in [-0.39, 0.29) is 30.8 Å². The highest BCUT2D eigenvalue weighted by Crippen LogP contribution is 2.17. The van der Waals surface area contributed by atoms with Gasteiger partial charge in [-0.05, 0) is 30.3 Å². The van der Waals surface area contributed by atoms with Crippen LogP contribution in [-0.4, -0.2) is 67.0 Å². The lowest BCUT2D eigenvalue weighted by Crippen LogP contribution is -2.51. The number of carbonyl (C=O) groups is 3. The number of amides is 2. The molecule has 0 aliphatic carbocycles. The molecule has 1 saturated heterocycles. The molecule has 28 heavy (non-hydrogen) atoms. The molecule has 2 amide bonds. The molecule has 0 atom stereocenters. The van der Waals surface area contributed by atoms with Gasteiger partial charge in [-0.2, -0.15) is 0 Å². The number of nitrogens with zero attached hydrogens (tertiary/aromatic N) is 2. The summed E-state index contributed by atoms with van der Waals surface area (Å²) in [6.45, 7) is 0.806. The molecule has 2 aromatic rings. The summed E-state index contributed by atoms with van der Waals surface area (Å²) in [7, 11) is 0. The quantitative estimate of drug-likeness (QED) is 0.680. The Morgan fingerprint density at radius 1 is 1.00 bits per heavy atom. The first-order chi connectivity index (χ1) is 13.5. The highest BCUT2D eigenvalue weighted by molar-refractivity contribution is 6.30. The van der Waals surface area contributed by atoms with E-state index in [2.05, 4.69) is 0 Å². The Morgan fingerprint density at radius 3 is 2.43 bits per heavy atom. The number of piperazine rings is 1. The van der Waals surface area contributed by atoms with Crippen molar-refractivity contribution in [1.82, 2.24) is 9.80 Å². The molecule has 1 fully saturated rings. The van der Waals surface area contributed by atoms with Gasteiger partial charge in [-0.15, -0.1) is 0 Å². The van der Waals surface area contributed by atoms with Crippen LogP contribution < -0.4 is 4.74 Å². The second-order valence-corrected chi connectivity index (χ2v) is 6.49. The van der Waals surface area contributed by atoms with Gasteiger partial charge < -0.3 is 23.7 Å². The lowest BCUT2D eigenvalue weighted by molar-refractivity contribution is -0.154. The third-order valence-corrected chi connectivity index (χ3v) is 4.40. The molecule has 9 heteroatoms. The summed E-state index contributed by atoms with van der Waals surface area (Å²) in [5.41, 5.74) is 0. The third kappa shape index (κ3) is 5.26. The monoisotopic (exact) mass is 406 g/mol. The summed E-state index contributed by atoms with van der Waals surface area (Å²) >= 11 is 5.83. The number of halogens is 1. The van der Waals surface area contributed by atoms with Crippen LogP contribution in [0.3, 0.4) is 0 Å². The molecule has 1 aromatic heterocycles. The van der Waals surface area contributed by atoms with Crippen molar-refractivity contribution in [1.29, 1.82) is 0 Å². The van der Waals surface area contributed by atoms with Gasteiger partial charge in [-0.3, -0.25) is 9.59 Å². The summed E-state index contributed by atoms with van der Waals surface area (Å²) in [6, 6.07) is 9.87. The number of hydrogen-bond acceptors (Lipinski definition) is 6. The standard InChI is InChI=1S/C19H19ClN2O6/c20-14-3-1-4-15(11-14)27-13-18(24)28-12-17(23)21-6-8-22(9-7-21)19(25)16-5-2-10-26-16/h1-5,10-11H,6-9,12-13H2. The van der Waals surface area contributed by atoms with Crippen molar-refractivity contribution < 1.29 is 28.3 Å². The van der Waals surface area contributed by atoms with E-state index in [1.54, 1.807) is 46.2 Å². The van der Waals surface area contributed by atoms with Gasteiger partial charge in [0.2, 0.25) is 0 Å². The first-order valence-electron chi connectivity index (χ1n) is 8.67. The van der Waals surface area contributed by atoms with Gasteiger partial charge in [0.15, 0.2) is 19.0 Å². The first kappa shape index (κ1) is 19.8. The zero-order valence-corrected chi connectivity index (χ0v) is 15.8. The maximum absolute atomic E-state index is 12.2. The number of carbonyl (C=O) groups excluding carboxylic acids is 3. The van der Waals surface area contributed by atoms with E-state index in [0.29, 0.717) is 37.0 Å². The maximum Gasteiger partial charge on any atom is 0.344 e. The smallest absolute Gasteiger partial charge is 0.344 e. The molecule has 0 spiro atoms. The number of rotatable bonds is 6. The Hall–Kier alpha value is -3.00. The van der Waals surface area contributed by atoms with Crippen molar-refractivity contribution >= 4 is 29.4 Å². The topological polar surface area (TPSA) is 89.3 Å². The van der Waals surface area contributed by atoms with Crippen LogP contribution in [0.4, 0.5) is 0 Å². The number of hydrogen-bond donors (Lipinski definition) is 0. The summed E-state index contributed by atoms with van der Waals surface area (Å²) in [6.07, 6.45) is 1.44. The fraction of sp³-hybridized carbons (Fsp3) is 0.316. The Kier molecular flexibility index (Phi) is 6.54. The number of benzene rings is 1. The van der Waals surface area contributed by atoms with Crippen molar-refractivity contribution in [2.45, 2.75) is 0 Å². The molecule has 0 saturated carbocycles. The highest BCUT2D eigenvalue weighted by Gasteiger charge is 2.26. The summed E-state index contributed by atoms with van der Waals surface area (Å²) in [5.74, 6) is -0.468. The van der Waals surface area contributed by atoms with Gasteiger partial charge in [0.1, 0.15) is 5.75 Å². The van der Waals surface area contributed by atoms with Crippen LogP contribution >= 0.6 is 11.6 Å². The SMILES string of the molecule is O=C(COc1cccc(Cl)c1)OCC(=O)N1CCN(C(=O)c2ccco2)CC1. The van der Waals surface area contributed by atoms with Gasteiger partial charge in [-0.25, -0.2) is 4.79 Å². The Balaban J connectivity index is 1.37. The molecule has 0 unspecified atom stereocenters. The van der Waals surface area contributed by atoms with E-state index >= 15 is 0 Å². The van der Waals surface area contributed by atoms with Crippen LogP contribution in [0, 0.1) is 0 Å². The second kappa shape index (κ2) is 9.27. The van der Waals surface area contributed by atoms with Crippen LogP contribution in [-0.2, 0) is 14.3 Å². The van der Waals surface area contributed by atoms with E-state index in [9.17, 15) is 14.4 Å². The lowest BCUT2D eigenvalue weighted by Gasteiger charge is -2.34. The van der Waals surface area contributed by atoms with Crippen molar-refractivity contribution in [3.8, 4) is 5.75 Å². The van der Waals surface area contributed by atoms with Gasteiger partial charge >= 0.3 is 5.97 Å². The average molecular weight is 407 g/mol. The normalized spacial score (nSPS) is 13.9. The van der Waals surface area contributed by atoms with Crippen LogP contribution in [0.5, 0.6) is 5.75 Å². The molecule has 148 valence electrons. The predicted molar refractivity (Wildman–Crippen MR) is 99.1 cm³/mol. The lowest BCUT2D eigenvalue weighted by atomic mass is 10.3. The van der Waals surface area contributed by atoms with Crippen molar-refractivity contribution in [2.24, 2.45) is 0 Å². The Bertz CT molecular complexity index is 831. The largest absolute Gasteiger partial charge is 0.482 e. The van der Waals surface area contributed by atoms with E-state index < -0.39 is 5.97 Å². The summed E-state index contributed by atoms with van der Waals surface area (Å²) in [4.78, 5) is 39.3. The second-order valence-electron chi connectivity index (χ2n) is 6.06. The molecule has 8 nitrogen and oxygen atoms in total. The molecule has 1 aromatic carbocycles. The molecule has 0 radical (unpaired) electrons. The Labute approximate surface area is 166 Å².